The average Bonchev–Trinajstić information content (AvgIpc) is 2.65. The summed E-state index contributed by atoms with van der Waals surface area (Å²) in [6.45, 7) is 0. The SMILES string of the molecule is Clc1ccc(C#CC(C#Cc2ccccc2)c2ccc(Cl)cc2)cc1. The third-order valence-corrected chi connectivity index (χ3v) is 4.05. The van der Waals surface area contributed by atoms with E-state index in [1.165, 1.54) is 0 Å². The zero-order valence-corrected chi connectivity index (χ0v) is 14.9. The minimum absolute atomic E-state index is 0.201. The zero-order chi connectivity index (χ0) is 17.5. The van der Waals surface area contributed by atoms with Crippen LogP contribution in [0.1, 0.15) is 22.6 Å². The van der Waals surface area contributed by atoms with Crippen LogP contribution >= 0.6 is 23.2 Å². The third-order valence-electron chi connectivity index (χ3n) is 3.54. The van der Waals surface area contributed by atoms with Gasteiger partial charge in [0, 0.05) is 21.2 Å². The van der Waals surface area contributed by atoms with Crippen LogP contribution in [0.4, 0.5) is 0 Å². The highest BCUT2D eigenvalue weighted by Gasteiger charge is 2.05. The van der Waals surface area contributed by atoms with E-state index in [2.05, 4.69) is 23.7 Å². The fraction of sp³-hybridized carbons (Fsp3) is 0.0435. The summed E-state index contributed by atoms with van der Waals surface area (Å²) in [7, 11) is 0. The molecule has 3 aromatic carbocycles. The molecule has 0 bridgehead atoms. The largest absolute Gasteiger partial charge is 0.107 e. The molecule has 0 aromatic heterocycles. The summed E-state index contributed by atoms with van der Waals surface area (Å²) >= 11 is 11.9. The second kappa shape index (κ2) is 8.46. The summed E-state index contributed by atoms with van der Waals surface area (Å²) in [6, 6.07) is 25.0. The molecular formula is C23H14Cl2. The van der Waals surface area contributed by atoms with Gasteiger partial charge in [-0.25, -0.2) is 0 Å². The minimum atomic E-state index is -0.201. The van der Waals surface area contributed by atoms with E-state index in [4.69, 9.17) is 23.2 Å². The normalized spacial score (nSPS) is 10.8. The monoisotopic (exact) mass is 360 g/mol. The fourth-order valence-corrected chi connectivity index (χ4v) is 2.48. The molecular weight excluding hydrogens is 347 g/mol. The van der Waals surface area contributed by atoms with Gasteiger partial charge in [0.15, 0.2) is 0 Å². The highest BCUT2D eigenvalue weighted by molar-refractivity contribution is 6.30. The first-order chi connectivity index (χ1) is 12.2. The van der Waals surface area contributed by atoms with Crippen LogP contribution in [-0.4, -0.2) is 0 Å². The Bertz CT molecular complexity index is 948. The fourth-order valence-electron chi connectivity index (χ4n) is 2.22. The van der Waals surface area contributed by atoms with Gasteiger partial charge >= 0.3 is 0 Å². The molecule has 1 atom stereocenters. The molecule has 0 N–H and O–H groups in total. The van der Waals surface area contributed by atoms with Crippen molar-refractivity contribution < 1.29 is 0 Å². The Hall–Kier alpha value is -2.64. The van der Waals surface area contributed by atoms with Crippen LogP contribution in [0.2, 0.25) is 10.0 Å². The van der Waals surface area contributed by atoms with Gasteiger partial charge in [0.25, 0.3) is 0 Å². The maximum Gasteiger partial charge on any atom is 0.107 e. The highest BCUT2D eigenvalue weighted by atomic mass is 35.5. The van der Waals surface area contributed by atoms with Crippen molar-refractivity contribution in [3.05, 3.63) is 106 Å². The standard InChI is InChI=1S/C23H14Cl2/c24-22-14-8-19(9-15-22)7-11-20(21-12-16-23(25)17-13-21)10-6-18-4-2-1-3-5-18/h1-5,8-9,12-17,20H. The third kappa shape index (κ3) is 5.17. The van der Waals surface area contributed by atoms with Gasteiger partial charge in [-0.15, -0.1) is 0 Å². The van der Waals surface area contributed by atoms with Crippen LogP contribution in [0.25, 0.3) is 0 Å². The zero-order valence-electron chi connectivity index (χ0n) is 13.3. The number of hydrogen-bond donors (Lipinski definition) is 0. The molecule has 0 radical (unpaired) electrons. The Morgan fingerprint density at radius 1 is 0.560 bits per heavy atom. The molecule has 0 amide bonds. The number of rotatable bonds is 1. The molecule has 0 saturated heterocycles. The topological polar surface area (TPSA) is 0 Å². The molecule has 1 unspecified atom stereocenters. The molecule has 0 nitrogen and oxygen atoms in total. The van der Waals surface area contributed by atoms with Gasteiger partial charge in [-0.05, 0) is 54.1 Å². The maximum atomic E-state index is 5.99. The lowest BCUT2D eigenvalue weighted by molar-refractivity contribution is 1.17. The second-order valence-corrected chi connectivity index (χ2v) is 6.27. The summed E-state index contributed by atoms with van der Waals surface area (Å²) in [5.41, 5.74) is 2.90. The van der Waals surface area contributed by atoms with Crippen molar-refractivity contribution >= 4 is 23.2 Å². The first kappa shape index (κ1) is 17.2. The number of halogens is 2. The first-order valence-corrected chi connectivity index (χ1v) is 8.55. The minimum Gasteiger partial charge on any atom is -0.0843 e. The molecule has 0 spiro atoms. The van der Waals surface area contributed by atoms with Crippen LogP contribution in [0.3, 0.4) is 0 Å². The van der Waals surface area contributed by atoms with E-state index in [0.717, 1.165) is 16.7 Å². The van der Waals surface area contributed by atoms with Crippen LogP contribution in [0, 0.1) is 23.7 Å². The second-order valence-electron chi connectivity index (χ2n) is 5.40. The molecule has 0 fully saturated rings. The van der Waals surface area contributed by atoms with E-state index >= 15 is 0 Å². The molecule has 0 aliphatic carbocycles. The Balaban J connectivity index is 1.93. The van der Waals surface area contributed by atoms with Gasteiger partial charge in [-0.2, -0.15) is 0 Å². The highest BCUT2D eigenvalue weighted by Crippen LogP contribution is 2.18. The molecule has 25 heavy (non-hydrogen) atoms. The van der Waals surface area contributed by atoms with Crippen molar-refractivity contribution in [3.8, 4) is 23.7 Å². The predicted octanol–water partition coefficient (Wildman–Crippen LogP) is 6.18. The van der Waals surface area contributed by atoms with E-state index in [0.29, 0.717) is 10.0 Å². The molecule has 0 heterocycles. The van der Waals surface area contributed by atoms with Crippen LogP contribution in [0.15, 0.2) is 78.9 Å². The van der Waals surface area contributed by atoms with Crippen molar-refractivity contribution in [2.45, 2.75) is 5.92 Å². The molecule has 3 aromatic rings. The van der Waals surface area contributed by atoms with Gasteiger partial charge in [0.1, 0.15) is 5.92 Å². The van der Waals surface area contributed by atoms with Gasteiger partial charge in [-0.1, -0.05) is 77.2 Å². The van der Waals surface area contributed by atoms with Crippen molar-refractivity contribution in [2.24, 2.45) is 0 Å². The molecule has 120 valence electrons. The lowest BCUT2D eigenvalue weighted by Crippen LogP contribution is -1.93. The quantitative estimate of drug-likeness (QED) is 0.454. The van der Waals surface area contributed by atoms with E-state index in [9.17, 15) is 0 Å². The Morgan fingerprint density at radius 2 is 1.04 bits per heavy atom. The van der Waals surface area contributed by atoms with Gasteiger partial charge < -0.3 is 0 Å². The summed E-state index contributed by atoms with van der Waals surface area (Å²) < 4.78 is 0. The Kier molecular flexibility index (Phi) is 5.81. The van der Waals surface area contributed by atoms with E-state index < -0.39 is 0 Å². The average molecular weight is 361 g/mol. The lowest BCUT2D eigenvalue weighted by atomic mass is 9.99. The predicted molar refractivity (Wildman–Crippen MR) is 106 cm³/mol. The van der Waals surface area contributed by atoms with Gasteiger partial charge in [0.2, 0.25) is 0 Å². The van der Waals surface area contributed by atoms with E-state index in [1.54, 1.807) is 0 Å². The van der Waals surface area contributed by atoms with Crippen LogP contribution < -0.4 is 0 Å². The number of benzene rings is 3. The van der Waals surface area contributed by atoms with E-state index in [-0.39, 0.29) is 5.92 Å². The molecule has 2 heteroatoms. The maximum absolute atomic E-state index is 5.99. The van der Waals surface area contributed by atoms with Crippen LogP contribution in [-0.2, 0) is 0 Å². The smallest absolute Gasteiger partial charge is 0.0843 e. The molecule has 3 rings (SSSR count). The van der Waals surface area contributed by atoms with Crippen molar-refractivity contribution in [3.63, 3.8) is 0 Å². The van der Waals surface area contributed by atoms with Crippen molar-refractivity contribution in [1.29, 1.82) is 0 Å². The Labute approximate surface area is 158 Å². The summed E-state index contributed by atoms with van der Waals surface area (Å²) in [5, 5.41) is 1.40. The summed E-state index contributed by atoms with van der Waals surface area (Å²) in [5.74, 6) is 12.7. The molecule has 0 aliphatic heterocycles. The number of hydrogen-bond acceptors (Lipinski definition) is 0. The van der Waals surface area contributed by atoms with Crippen molar-refractivity contribution in [1.82, 2.24) is 0 Å². The van der Waals surface area contributed by atoms with Crippen LogP contribution in [0.5, 0.6) is 0 Å². The van der Waals surface area contributed by atoms with Gasteiger partial charge in [0.05, 0.1) is 0 Å². The van der Waals surface area contributed by atoms with Gasteiger partial charge in [-0.3, -0.25) is 0 Å². The Morgan fingerprint density at radius 3 is 1.60 bits per heavy atom. The summed E-state index contributed by atoms with van der Waals surface area (Å²) in [4.78, 5) is 0. The van der Waals surface area contributed by atoms with Crippen molar-refractivity contribution in [2.75, 3.05) is 0 Å². The summed E-state index contributed by atoms with van der Waals surface area (Å²) in [6.07, 6.45) is 0. The first-order valence-electron chi connectivity index (χ1n) is 7.80. The molecule has 0 saturated carbocycles. The van der Waals surface area contributed by atoms with E-state index in [1.807, 2.05) is 78.9 Å². The molecule has 0 aliphatic rings. The lowest BCUT2D eigenvalue weighted by Gasteiger charge is -2.04.